The van der Waals surface area contributed by atoms with Crippen LogP contribution in [0.3, 0.4) is 0 Å². The molecule has 15 heavy (non-hydrogen) atoms. The first-order chi connectivity index (χ1) is 7.09. The monoisotopic (exact) mass is 212 g/mol. The second-order valence-electron chi connectivity index (χ2n) is 4.22. The van der Waals surface area contributed by atoms with Gasteiger partial charge in [0.15, 0.2) is 11.6 Å². The van der Waals surface area contributed by atoms with Gasteiger partial charge in [0, 0.05) is 11.5 Å². The summed E-state index contributed by atoms with van der Waals surface area (Å²) in [6, 6.07) is 3.50. The Morgan fingerprint density at radius 3 is 2.40 bits per heavy atom. The fourth-order valence-electron chi connectivity index (χ4n) is 1.86. The van der Waals surface area contributed by atoms with E-state index in [1.807, 2.05) is 0 Å². The number of rotatable bonds is 3. The Kier molecular flexibility index (Phi) is 2.48. The third-order valence-corrected chi connectivity index (χ3v) is 3.26. The Labute approximate surface area is 87.3 Å². The Hall–Kier alpha value is -1.00. The molecule has 0 amide bonds. The van der Waals surface area contributed by atoms with Gasteiger partial charge < -0.3 is 11.5 Å². The van der Waals surface area contributed by atoms with Crippen molar-refractivity contribution in [1.82, 2.24) is 0 Å². The molecule has 2 rings (SSSR count). The van der Waals surface area contributed by atoms with E-state index in [0.29, 0.717) is 12.1 Å². The fourth-order valence-corrected chi connectivity index (χ4v) is 1.86. The van der Waals surface area contributed by atoms with Crippen molar-refractivity contribution in [3.8, 4) is 0 Å². The molecule has 1 atom stereocenters. The van der Waals surface area contributed by atoms with Gasteiger partial charge in [-0.15, -0.1) is 0 Å². The van der Waals surface area contributed by atoms with E-state index in [9.17, 15) is 8.78 Å². The summed E-state index contributed by atoms with van der Waals surface area (Å²) in [6.45, 7) is 0.493. The molecule has 1 saturated carbocycles. The van der Waals surface area contributed by atoms with Gasteiger partial charge in [0.05, 0.1) is 0 Å². The largest absolute Gasteiger partial charge is 0.330 e. The first kappa shape index (κ1) is 10.5. The molecule has 2 nitrogen and oxygen atoms in total. The second-order valence-corrected chi connectivity index (χ2v) is 4.22. The van der Waals surface area contributed by atoms with Crippen molar-refractivity contribution in [2.45, 2.75) is 18.9 Å². The van der Waals surface area contributed by atoms with E-state index < -0.39 is 11.6 Å². The van der Waals surface area contributed by atoms with Gasteiger partial charge in [-0.2, -0.15) is 0 Å². The van der Waals surface area contributed by atoms with E-state index in [1.165, 1.54) is 6.07 Å². The predicted octanol–water partition coefficient (Wildman–Crippen LogP) is 1.70. The van der Waals surface area contributed by atoms with Crippen LogP contribution in [0.4, 0.5) is 8.78 Å². The number of nitrogens with two attached hydrogens (primary N) is 2. The molecule has 0 bridgehead atoms. The number of halogens is 2. The summed E-state index contributed by atoms with van der Waals surface area (Å²) in [6.07, 6.45) is 1.92. The lowest BCUT2D eigenvalue weighted by Gasteiger charge is -2.21. The van der Waals surface area contributed by atoms with Gasteiger partial charge in [-0.25, -0.2) is 8.78 Å². The summed E-state index contributed by atoms with van der Waals surface area (Å²) in [7, 11) is 0. The van der Waals surface area contributed by atoms with Crippen LogP contribution in [0.25, 0.3) is 0 Å². The van der Waals surface area contributed by atoms with Crippen LogP contribution < -0.4 is 11.5 Å². The van der Waals surface area contributed by atoms with Crippen molar-refractivity contribution < 1.29 is 8.78 Å². The Balaban J connectivity index is 2.26. The molecule has 82 valence electrons. The first-order valence-electron chi connectivity index (χ1n) is 5.00. The second kappa shape index (κ2) is 3.54. The van der Waals surface area contributed by atoms with Crippen molar-refractivity contribution in [3.63, 3.8) is 0 Å². The lowest BCUT2D eigenvalue weighted by atomic mass is 9.91. The van der Waals surface area contributed by atoms with E-state index in [0.717, 1.165) is 25.0 Å². The van der Waals surface area contributed by atoms with Gasteiger partial charge in [0.25, 0.3) is 0 Å². The van der Waals surface area contributed by atoms with Gasteiger partial charge in [0.2, 0.25) is 0 Å². The molecule has 1 unspecified atom stereocenters. The predicted molar refractivity (Wildman–Crippen MR) is 54.0 cm³/mol. The summed E-state index contributed by atoms with van der Waals surface area (Å²) < 4.78 is 25.7. The van der Waals surface area contributed by atoms with Crippen LogP contribution in [-0.4, -0.2) is 6.54 Å². The highest BCUT2D eigenvalue weighted by atomic mass is 19.2. The molecule has 0 aliphatic heterocycles. The lowest BCUT2D eigenvalue weighted by molar-refractivity contribution is 0.415. The van der Waals surface area contributed by atoms with Crippen LogP contribution >= 0.6 is 0 Å². The molecule has 0 radical (unpaired) electrons. The maximum atomic E-state index is 13.0. The third kappa shape index (κ3) is 1.75. The lowest BCUT2D eigenvalue weighted by Crippen LogP contribution is -2.29. The van der Waals surface area contributed by atoms with E-state index in [1.54, 1.807) is 0 Å². The van der Waals surface area contributed by atoms with E-state index in [4.69, 9.17) is 11.5 Å². The first-order valence-corrected chi connectivity index (χ1v) is 5.00. The summed E-state index contributed by atoms with van der Waals surface area (Å²) in [5.74, 6) is -1.70. The standard InChI is InChI=1S/C11H14F2N2/c12-8-2-1-7(5-9(8)13)10(15)11(6-14)3-4-11/h1-2,5,10H,3-4,6,14-15H2. The van der Waals surface area contributed by atoms with Gasteiger partial charge in [-0.1, -0.05) is 6.07 Å². The van der Waals surface area contributed by atoms with Gasteiger partial charge in [-0.3, -0.25) is 0 Å². The number of benzene rings is 1. The molecular formula is C11H14F2N2. The van der Waals surface area contributed by atoms with Gasteiger partial charge in [-0.05, 0) is 37.1 Å². The maximum Gasteiger partial charge on any atom is 0.159 e. The normalized spacial score (nSPS) is 20.0. The van der Waals surface area contributed by atoms with Crippen molar-refractivity contribution in [3.05, 3.63) is 35.4 Å². The van der Waals surface area contributed by atoms with Gasteiger partial charge >= 0.3 is 0 Å². The molecule has 0 heterocycles. The SMILES string of the molecule is NCC1(C(N)c2ccc(F)c(F)c2)CC1. The van der Waals surface area contributed by atoms with Crippen molar-refractivity contribution in [2.24, 2.45) is 16.9 Å². The smallest absolute Gasteiger partial charge is 0.159 e. The quantitative estimate of drug-likeness (QED) is 0.801. The molecular weight excluding hydrogens is 198 g/mol. The van der Waals surface area contributed by atoms with E-state index >= 15 is 0 Å². The molecule has 1 aliphatic rings. The molecule has 0 aromatic heterocycles. The van der Waals surface area contributed by atoms with Crippen molar-refractivity contribution in [2.75, 3.05) is 6.54 Å². The van der Waals surface area contributed by atoms with E-state index in [2.05, 4.69) is 0 Å². The summed E-state index contributed by atoms with van der Waals surface area (Å²) in [5.41, 5.74) is 12.2. The molecule has 1 aliphatic carbocycles. The number of hydrogen-bond donors (Lipinski definition) is 2. The minimum absolute atomic E-state index is 0.0930. The molecule has 4 heteroatoms. The van der Waals surface area contributed by atoms with Crippen LogP contribution in [0, 0.1) is 17.0 Å². The Morgan fingerprint density at radius 2 is 1.93 bits per heavy atom. The highest BCUT2D eigenvalue weighted by Crippen LogP contribution is 2.52. The molecule has 0 spiro atoms. The Bertz CT molecular complexity index is 375. The highest BCUT2D eigenvalue weighted by molar-refractivity contribution is 5.25. The van der Waals surface area contributed by atoms with Crippen molar-refractivity contribution >= 4 is 0 Å². The average molecular weight is 212 g/mol. The van der Waals surface area contributed by atoms with Gasteiger partial charge in [0.1, 0.15) is 0 Å². The van der Waals surface area contributed by atoms with Crippen LogP contribution in [0.15, 0.2) is 18.2 Å². The van der Waals surface area contributed by atoms with Crippen LogP contribution in [-0.2, 0) is 0 Å². The zero-order chi connectivity index (χ0) is 11.1. The summed E-state index contributed by atoms with van der Waals surface area (Å²) in [5, 5.41) is 0. The van der Waals surface area contributed by atoms with Crippen LogP contribution in [0.5, 0.6) is 0 Å². The minimum atomic E-state index is -0.851. The average Bonchev–Trinajstić information content (AvgIpc) is 3.02. The topological polar surface area (TPSA) is 52.0 Å². The summed E-state index contributed by atoms with van der Waals surface area (Å²) >= 11 is 0. The zero-order valence-electron chi connectivity index (χ0n) is 8.34. The van der Waals surface area contributed by atoms with Crippen LogP contribution in [0.2, 0.25) is 0 Å². The van der Waals surface area contributed by atoms with Crippen molar-refractivity contribution in [1.29, 1.82) is 0 Å². The molecule has 1 aromatic carbocycles. The third-order valence-electron chi connectivity index (χ3n) is 3.26. The van der Waals surface area contributed by atoms with E-state index in [-0.39, 0.29) is 11.5 Å². The molecule has 4 N–H and O–H groups in total. The number of hydrogen-bond acceptors (Lipinski definition) is 2. The minimum Gasteiger partial charge on any atom is -0.330 e. The van der Waals surface area contributed by atoms with Crippen LogP contribution in [0.1, 0.15) is 24.4 Å². The molecule has 0 saturated heterocycles. The maximum absolute atomic E-state index is 13.0. The highest BCUT2D eigenvalue weighted by Gasteiger charge is 2.47. The summed E-state index contributed by atoms with van der Waals surface area (Å²) in [4.78, 5) is 0. The molecule has 1 aromatic rings. The zero-order valence-corrected chi connectivity index (χ0v) is 8.34. The molecule has 1 fully saturated rings. The Morgan fingerprint density at radius 1 is 1.27 bits per heavy atom. The fraction of sp³-hybridized carbons (Fsp3) is 0.455.